The predicted octanol–water partition coefficient (Wildman–Crippen LogP) is 0.837. The third-order valence-corrected chi connectivity index (χ3v) is 2.94. The van der Waals surface area contributed by atoms with Crippen LogP contribution in [0.25, 0.3) is 22.1 Å². The Kier molecular flexibility index (Phi) is 2.16. The van der Waals surface area contributed by atoms with E-state index in [1.165, 1.54) is 36.4 Å². The molecular weight excluding hydrogens is 246 g/mol. The van der Waals surface area contributed by atoms with E-state index in [0.29, 0.717) is 9.46 Å². The van der Waals surface area contributed by atoms with Crippen LogP contribution in [0.4, 0.5) is 0 Å². The fourth-order valence-corrected chi connectivity index (χ4v) is 2.03. The third kappa shape index (κ3) is 1.49. The van der Waals surface area contributed by atoms with Crippen LogP contribution < -0.4 is 9.46 Å². The lowest BCUT2D eigenvalue weighted by atomic mass is 10.2. The van der Waals surface area contributed by atoms with Crippen LogP contribution in [-0.2, 0) is 0 Å². The van der Waals surface area contributed by atoms with Crippen molar-refractivity contribution in [2.75, 3.05) is 0 Å². The Morgan fingerprint density at radius 2 is 1.47 bits per heavy atom. The highest BCUT2D eigenvalue weighted by molar-refractivity contribution is 5.78. The van der Waals surface area contributed by atoms with Gasteiger partial charge in [-0.15, -0.1) is 0 Å². The van der Waals surface area contributed by atoms with Crippen LogP contribution in [0, 0.1) is 21.7 Å². The van der Waals surface area contributed by atoms with Crippen LogP contribution in [0.15, 0.2) is 36.4 Å². The first kappa shape index (κ1) is 11.0. The molecule has 0 aliphatic carbocycles. The smallest absolute Gasteiger partial charge is 0.294 e. The minimum atomic E-state index is -0.104. The van der Waals surface area contributed by atoms with Crippen molar-refractivity contribution in [2.45, 2.75) is 0 Å². The van der Waals surface area contributed by atoms with Crippen LogP contribution in [0.3, 0.4) is 0 Å². The quantitative estimate of drug-likeness (QED) is 0.364. The number of aromatic hydroxyl groups is 1. The standard InChI is InChI=1S/C13H7N3O3/c14-7-8-1-3-10-12(5-8)16(19)13-6-9(17)2-4-11(13)15(10)18/h1-6,17H. The number of hydrogen-bond acceptors (Lipinski definition) is 4. The fraction of sp³-hybridized carbons (Fsp3) is 0. The molecule has 0 unspecified atom stereocenters. The first-order chi connectivity index (χ1) is 9.11. The summed E-state index contributed by atoms with van der Waals surface area (Å²) in [6.45, 7) is 0. The molecular formula is C13H7N3O3. The number of aromatic nitrogens is 2. The number of nitrogens with zero attached hydrogens (tertiary/aromatic N) is 3. The molecule has 3 aromatic rings. The van der Waals surface area contributed by atoms with Crippen molar-refractivity contribution >= 4 is 22.1 Å². The van der Waals surface area contributed by atoms with Gasteiger partial charge in [0.05, 0.1) is 17.7 Å². The van der Waals surface area contributed by atoms with Gasteiger partial charge < -0.3 is 15.5 Å². The van der Waals surface area contributed by atoms with Crippen LogP contribution in [0.1, 0.15) is 5.56 Å². The van der Waals surface area contributed by atoms with Crippen molar-refractivity contribution in [1.82, 2.24) is 0 Å². The number of phenolic OH excluding ortho intramolecular Hbond substituents is 1. The second-order valence-electron chi connectivity index (χ2n) is 4.08. The van der Waals surface area contributed by atoms with Crippen molar-refractivity contribution in [3.63, 3.8) is 0 Å². The van der Waals surface area contributed by atoms with Gasteiger partial charge in [-0.3, -0.25) is 0 Å². The molecule has 0 amide bonds. The molecule has 19 heavy (non-hydrogen) atoms. The third-order valence-electron chi connectivity index (χ3n) is 2.94. The Balaban J connectivity index is 2.57. The molecule has 6 heteroatoms. The first-order valence-corrected chi connectivity index (χ1v) is 5.43. The summed E-state index contributed by atoms with van der Waals surface area (Å²) >= 11 is 0. The number of fused-ring (bicyclic) bond motifs is 2. The fourth-order valence-electron chi connectivity index (χ4n) is 2.03. The largest absolute Gasteiger partial charge is 0.617 e. The van der Waals surface area contributed by atoms with E-state index in [2.05, 4.69) is 0 Å². The minimum Gasteiger partial charge on any atom is -0.617 e. The molecule has 92 valence electrons. The Morgan fingerprint density at radius 1 is 0.895 bits per heavy atom. The Morgan fingerprint density at radius 3 is 2.16 bits per heavy atom. The monoisotopic (exact) mass is 253 g/mol. The molecule has 0 saturated carbocycles. The van der Waals surface area contributed by atoms with E-state index < -0.39 is 0 Å². The topological polar surface area (TPSA) is 97.9 Å². The summed E-state index contributed by atoms with van der Waals surface area (Å²) in [5, 5.41) is 42.6. The van der Waals surface area contributed by atoms with Crippen molar-refractivity contribution < 1.29 is 14.6 Å². The Labute approximate surface area is 107 Å². The molecule has 0 aliphatic heterocycles. The van der Waals surface area contributed by atoms with Crippen LogP contribution >= 0.6 is 0 Å². The molecule has 0 radical (unpaired) electrons. The molecule has 0 spiro atoms. The highest BCUT2D eigenvalue weighted by Crippen LogP contribution is 2.17. The molecule has 1 N–H and O–H groups in total. The van der Waals surface area contributed by atoms with E-state index >= 15 is 0 Å². The van der Waals surface area contributed by atoms with Gasteiger partial charge in [0.25, 0.3) is 22.1 Å². The van der Waals surface area contributed by atoms with Gasteiger partial charge in [-0.05, 0) is 12.1 Å². The van der Waals surface area contributed by atoms with Gasteiger partial charge in [-0.25, -0.2) is 0 Å². The number of phenols is 1. The lowest BCUT2D eigenvalue weighted by Crippen LogP contribution is -2.39. The maximum Gasteiger partial charge on any atom is 0.294 e. The van der Waals surface area contributed by atoms with Crippen LogP contribution in [0.2, 0.25) is 0 Å². The Bertz CT molecular complexity index is 868. The van der Waals surface area contributed by atoms with Crippen molar-refractivity contribution in [3.05, 3.63) is 52.4 Å². The van der Waals surface area contributed by atoms with Crippen molar-refractivity contribution in [1.29, 1.82) is 5.26 Å². The van der Waals surface area contributed by atoms with E-state index in [0.717, 1.165) is 0 Å². The summed E-state index contributed by atoms with van der Waals surface area (Å²) in [5.41, 5.74) is 0.763. The second kappa shape index (κ2) is 3.71. The second-order valence-corrected chi connectivity index (χ2v) is 4.08. The molecule has 3 rings (SSSR count). The van der Waals surface area contributed by atoms with E-state index in [-0.39, 0.29) is 33.4 Å². The average molecular weight is 253 g/mol. The summed E-state index contributed by atoms with van der Waals surface area (Å²) in [7, 11) is 0. The predicted molar refractivity (Wildman–Crippen MR) is 65.8 cm³/mol. The zero-order valence-corrected chi connectivity index (χ0v) is 9.57. The van der Waals surface area contributed by atoms with E-state index in [1.807, 2.05) is 6.07 Å². The molecule has 0 aliphatic rings. The van der Waals surface area contributed by atoms with Gasteiger partial charge in [0.2, 0.25) is 0 Å². The zero-order valence-electron chi connectivity index (χ0n) is 9.57. The summed E-state index contributed by atoms with van der Waals surface area (Å²) in [5.74, 6) is -0.104. The van der Waals surface area contributed by atoms with E-state index in [1.54, 1.807) is 0 Å². The number of rotatable bonds is 0. The van der Waals surface area contributed by atoms with Gasteiger partial charge in [-0.2, -0.15) is 14.7 Å². The number of nitriles is 1. The summed E-state index contributed by atoms with van der Waals surface area (Å²) in [6, 6.07) is 10.1. The molecule has 0 fully saturated rings. The summed E-state index contributed by atoms with van der Waals surface area (Å²) in [6.07, 6.45) is 0. The van der Waals surface area contributed by atoms with Crippen LogP contribution in [-0.4, -0.2) is 5.11 Å². The average Bonchev–Trinajstić information content (AvgIpc) is 2.44. The Hall–Kier alpha value is -3.07. The molecule has 1 heterocycles. The zero-order chi connectivity index (χ0) is 13.6. The highest BCUT2D eigenvalue weighted by atomic mass is 16.5. The van der Waals surface area contributed by atoms with Crippen molar-refractivity contribution in [2.24, 2.45) is 0 Å². The molecule has 1 aromatic heterocycles. The summed E-state index contributed by atoms with van der Waals surface area (Å²) in [4.78, 5) is 0. The van der Waals surface area contributed by atoms with Gasteiger partial charge in [0.1, 0.15) is 5.75 Å². The maximum atomic E-state index is 12.2. The summed E-state index contributed by atoms with van der Waals surface area (Å²) < 4.78 is 1.15. The minimum absolute atomic E-state index is 0.0533. The van der Waals surface area contributed by atoms with Crippen molar-refractivity contribution in [3.8, 4) is 11.8 Å². The molecule has 0 atom stereocenters. The van der Waals surface area contributed by atoms with E-state index in [4.69, 9.17) is 5.26 Å². The lowest BCUT2D eigenvalue weighted by Gasteiger charge is -2.07. The van der Waals surface area contributed by atoms with Crippen LogP contribution in [0.5, 0.6) is 5.75 Å². The molecule has 2 aromatic carbocycles. The molecule has 0 bridgehead atoms. The van der Waals surface area contributed by atoms with Gasteiger partial charge in [-0.1, -0.05) is 0 Å². The van der Waals surface area contributed by atoms with Gasteiger partial charge >= 0.3 is 0 Å². The normalized spacial score (nSPS) is 10.7. The molecule has 6 nitrogen and oxygen atoms in total. The lowest BCUT2D eigenvalue weighted by molar-refractivity contribution is -0.591. The van der Waals surface area contributed by atoms with Gasteiger partial charge in [0.15, 0.2) is 0 Å². The highest BCUT2D eigenvalue weighted by Gasteiger charge is 2.21. The van der Waals surface area contributed by atoms with Gasteiger partial charge in [0, 0.05) is 18.2 Å². The number of benzene rings is 2. The first-order valence-electron chi connectivity index (χ1n) is 5.43. The van der Waals surface area contributed by atoms with E-state index in [9.17, 15) is 15.5 Å². The maximum absolute atomic E-state index is 12.2. The SMILES string of the molecule is N#Cc1ccc2c(c1)[n+]([O-])c1cc(O)ccc1[n+]2[O-]. The molecule has 0 saturated heterocycles. The number of hydrogen-bond donors (Lipinski definition) is 1.